The van der Waals surface area contributed by atoms with Crippen LogP contribution in [0, 0.1) is 0 Å². The average Bonchev–Trinajstić information content (AvgIpc) is 3.19. The van der Waals surface area contributed by atoms with Crippen molar-refractivity contribution in [2.75, 3.05) is 13.2 Å². The topological polar surface area (TPSA) is 23.4 Å². The van der Waals surface area contributed by atoms with Gasteiger partial charge >= 0.3 is 0 Å². The van der Waals surface area contributed by atoms with E-state index in [1.165, 1.54) is 54.8 Å². The largest absolute Gasteiger partial charge is 0.494 e. The van der Waals surface area contributed by atoms with Crippen molar-refractivity contribution in [1.29, 1.82) is 0 Å². The quantitative estimate of drug-likeness (QED) is 0.193. The van der Waals surface area contributed by atoms with E-state index in [1.807, 2.05) is 0 Å². The molecule has 0 unspecified atom stereocenters. The van der Waals surface area contributed by atoms with Gasteiger partial charge in [0, 0.05) is 16.5 Å². The smallest absolute Gasteiger partial charge is 0.143 e. The molecule has 3 aromatic carbocycles. The Labute approximate surface area is 198 Å². The first-order valence-electron chi connectivity index (χ1n) is 12.7. The van der Waals surface area contributed by atoms with Gasteiger partial charge in [0.25, 0.3) is 0 Å². The van der Waals surface area contributed by atoms with E-state index in [1.54, 1.807) is 0 Å². The lowest BCUT2D eigenvalue weighted by Gasteiger charge is -2.13. The summed E-state index contributed by atoms with van der Waals surface area (Å²) in [5.74, 6) is 1.89. The lowest BCUT2D eigenvalue weighted by Crippen LogP contribution is -2.01. The predicted octanol–water partition coefficient (Wildman–Crippen LogP) is 8.70. The summed E-state index contributed by atoms with van der Waals surface area (Å²) in [6.45, 7) is 6.01. The number of para-hydroxylation sites is 2. The molecule has 0 radical (unpaired) electrons. The number of hydrogen-bond donors (Lipinski definition) is 0. The summed E-state index contributed by atoms with van der Waals surface area (Å²) in [6.07, 6.45) is 9.68. The van der Waals surface area contributed by atoms with Crippen molar-refractivity contribution >= 4 is 21.8 Å². The summed E-state index contributed by atoms with van der Waals surface area (Å²) >= 11 is 0. The molecule has 33 heavy (non-hydrogen) atoms. The van der Waals surface area contributed by atoms with Gasteiger partial charge in [-0.3, -0.25) is 0 Å². The Morgan fingerprint density at radius 3 is 2.00 bits per heavy atom. The Hall–Kier alpha value is -2.94. The van der Waals surface area contributed by atoms with Crippen LogP contribution in [0.25, 0.3) is 27.5 Å². The number of nitrogens with zero attached hydrogens (tertiary/aromatic N) is 1. The summed E-state index contributed by atoms with van der Waals surface area (Å²) in [5.41, 5.74) is 3.46. The number of benzene rings is 3. The molecule has 3 nitrogen and oxygen atoms in total. The number of aromatic nitrogens is 1. The molecule has 0 saturated heterocycles. The summed E-state index contributed by atoms with van der Waals surface area (Å²) in [6, 6.07) is 23.5. The van der Waals surface area contributed by atoms with Crippen LogP contribution in [0.1, 0.15) is 65.2 Å². The monoisotopic (exact) mass is 443 g/mol. The molecule has 0 saturated carbocycles. The summed E-state index contributed by atoms with van der Waals surface area (Å²) in [4.78, 5) is 0. The molecule has 0 atom stereocenters. The van der Waals surface area contributed by atoms with Gasteiger partial charge in [0.1, 0.15) is 11.5 Å². The summed E-state index contributed by atoms with van der Waals surface area (Å²) < 4.78 is 14.6. The molecule has 0 spiro atoms. The van der Waals surface area contributed by atoms with Crippen molar-refractivity contribution in [3.8, 4) is 17.2 Å². The highest BCUT2D eigenvalue weighted by Crippen LogP contribution is 2.37. The third-order valence-corrected chi connectivity index (χ3v) is 6.27. The Morgan fingerprint density at radius 1 is 0.606 bits per heavy atom. The zero-order valence-electron chi connectivity index (χ0n) is 20.2. The third-order valence-electron chi connectivity index (χ3n) is 6.27. The van der Waals surface area contributed by atoms with Crippen LogP contribution in [-0.4, -0.2) is 17.8 Å². The van der Waals surface area contributed by atoms with Crippen LogP contribution >= 0.6 is 0 Å². The Bertz CT molecular complexity index is 1140. The molecule has 0 aliphatic rings. The van der Waals surface area contributed by atoms with Crippen LogP contribution in [0.5, 0.6) is 11.5 Å². The third kappa shape index (κ3) is 5.52. The number of unbranched alkanes of at least 4 members (excludes halogenated alkanes) is 6. The van der Waals surface area contributed by atoms with Crippen molar-refractivity contribution in [2.24, 2.45) is 0 Å². The number of ether oxygens (including phenoxy) is 2. The molecule has 0 bridgehead atoms. The maximum absolute atomic E-state index is 6.32. The van der Waals surface area contributed by atoms with Crippen LogP contribution in [0.3, 0.4) is 0 Å². The zero-order chi connectivity index (χ0) is 22.9. The standard InChI is InChI=1S/C30H37NO2/c1-3-5-7-11-22-32-25-20-18-24(19-21-25)31-28-16-10-9-14-26(28)27-15-13-17-29(30(27)31)33-23-12-8-6-4-2/h9-10,13-21H,3-8,11-12,22-23H2,1-2H3. The molecule has 174 valence electrons. The van der Waals surface area contributed by atoms with E-state index >= 15 is 0 Å². The van der Waals surface area contributed by atoms with Crippen LogP contribution in [0.2, 0.25) is 0 Å². The molecule has 0 N–H and O–H groups in total. The maximum Gasteiger partial charge on any atom is 0.143 e. The molecule has 1 aromatic heterocycles. The molecule has 0 amide bonds. The van der Waals surface area contributed by atoms with E-state index < -0.39 is 0 Å². The van der Waals surface area contributed by atoms with E-state index in [2.05, 4.69) is 85.1 Å². The van der Waals surface area contributed by atoms with Gasteiger partial charge < -0.3 is 14.0 Å². The van der Waals surface area contributed by atoms with E-state index in [0.717, 1.165) is 48.8 Å². The summed E-state index contributed by atoms with van der Waals surface area (Å²) in [5, 5.41) is 2.48. The first-order chi connectivity index (χ1) is 16.3. The minimum atomic E-state index is 0.755. The van der Waals surface area contributed by atoms with Gasteiger partial charge in [-0.1, -0.05) is 82.7 Å². The molecule has 0 aliphatic carbocycles. The van der Waals surface area contributed by atoms with E-state index in [4.69, 9.17) is 9.47 Å². The van der Waals surface area contributed by atoms with Gasteiger partial charge in [-0.25, -0.2) is 0 Å². The highest BCUT2D eigenvalue weighted by Gasteiger charge is 2.16. The van der Waals surface area contributed by atoms with Crippen molar-refractivity contribution in [2.45, 2.75) is 65.2 Å². The second-order valence-corrected chi connectivity index (χ2v) is 8.82. The first kappa shape index (κ1) is 23.2. The molecule has 4 rings (SSSR count). The lowest BCUT2D eigenvalue weighted by molar-refractivity contribution is 0.305. The second kappa shape index (κ2) is 11.8. The molecule has 1 heterocycles. The maximum atomic E-state index is 6.32. The summed E-state index contributed by atoms with van der Waals surface area (Å²) in [7, 11) is 0. The van der Waals surface area contributed by atoms with Crippen LogP contribution in [0.4, 0.5) is 0 Å². The van der Waals surface area contributed by atoms with Crippen molar-refractivity contribution in [3.63, 3.8) is 0 Å². The zero-order valence-corrected chi connectivity index (χ0v) is 20.2. The van der Waals surface area contributed by atoms with Gasteiger partial charge in [0.2, 0.25) is 0 Å². The SMILES string of the molecule is CCCCCCOc1ccc(-n2c3ccccc3c3cccc(OCCCCCC)c32)cc1. The highest BCUT2D eigenvalue weighted by molar-refractivity contribution is 6.11. The van der Waals surface area contributed by atoms with Crippen LogP contribution in [0.15, 0.2) is 66.7 Å². The van der Waals surface area contributed by atoms with Crippen molar-refractivity contribution < 1.29 is 9.47 Å². The van der Waals surface area contributed by atoms with Crippen molar-refractivity contribution in [3.05, 3.63) is 66.7 Å². The van der Waals surface area contributed by atoms with Gasteiger partial charge in [-0.15, -0.1) is 0 Å². The Balaban J connectivity index is 1.63. The van der Waals surface area contributed by atoms with E-state index in [0.29, 0.717) is 0 Å². The molecule has 0 aliphatic heterocycles. The predicted molar refractivity (Wildman–Crippen MR) is 140 cm³/mol. The molecule has 3 heteroatoms. The minimum absolute atomic E-state index is 0.755. The van der Waals surface area contributed by atoms with Gasteiger partial charge in [0.05, 0.1) is 24.2 Å². The molecule has 4 aromatic rings. The van der Waals surface area contributed by atoms with Gasteiger partial charge in [-0.05, 0) is 49.2 Å². The van der Waals surface area contributed by atoms with E-state index in [9.17, 15) is 0 Å². The molecular weight excluding hydrogens is 406 g/mol. The fourth-order valence-electron chi connectivity index (χ4n) is 4.49. The minimum Gasteiger partial charge on any atom is -0.494 e. The number of fused-ring (bicyclic) bond motifs is 3. The number of hydrogen-bond acceptors (Lipinski definition) is 2. The van der Waals surface area contributed by atoms with Crippen molar-refractivity contribution in [1.82, 2.24) is 4.57 Å². The molecular formula is C30H37NO2. The average molecular weight is 444 g/mol. The molecule has 0 fully saturated rings. The van der Waals surface area contributed by atoms with Crippen LogP contribution in [-0.2, 0) is 0 Å². The van der Waals surface area contributed by atoms with E-state index in [-0.39, 0.29) is 0 Å². The Morgan fingerprint density at radius 2 is 1.27 bits per heavy atom. The fraction of sp³-hybridized carbons (Fsp3) is 0.400. The highest BCUT2D eigenvalue weighted by atomic mass is 16.5. The Kier molecular flexibility index (Phi) is 8.30. The van der Waals surface area contributed by atoms with Gasteiger partial charge in [0.15, 0.2) is 0 Å². The second-order valence-electron chi connectivity index (χ2n) is 8.82. The van der Waals surface area contributed by atoms with Gasteiger partial charge in [-0.2, -0.15) is 0 Å². The fourth-order valence-corrected chi connectivity index (χ4v) is 4.49. The normalized spacial score (nSPS) is 11.3. The lowest BCUT2D eigenvalue weighted by atomic mass is 10.1. The number of rotatable bonds is 13. The first-order valence-corrected chi connectivity index (χ1v) is 12.7. The van der Waals surface area contributed by atoms with Crippen LogP contribution < -0.4 is 9.47 Å².